The number of halogens is 1. The van der Waals surface area contributed by atoms with Crippen molar-refractivity contribution in [2.75, 3.05) is 11.4 Å². The minimum Gasteiger partial charge on any atom is -0.337 e. The third-order valence-corrected chi connectivity index (χ3v) is 7.92. The van der Waals surface area contributed by atoms with E-state index in [1.165, 1.54) is 5.56 Å². The lowest BCUT2D eigenvalue weighted by Gasteiger charge is -2.34. The lowest BCUT2D eigenvalue weighted by Crippen LogP contribution is -2.46. The van der Waals surface area contributed by atoms with E-state index in [2.05, 4.69) is 28.6 Å². The maximum atomic E-state index is 14.3. The molecule has 5 nitrogen and oxygen atoms in total. The van der Waals surface area contributed by atoms with Crippen LogP contribution in [0.5, 0.6) is 0 Å². The van der Waals surface area contributed by atoms with Crippen molar-refractivity contribution in [2.45, 2.75) is 51.0 Å². The van der Waals surface area contributed by atoms with E-state index in [0.29, 0.717) is 11.6 Å². The summed E-state index contributed by atoms with van der Waals surface area (Å²) in [7, 11) is 0. The van der Waals surface area contributed by atoms with Gasteiger partial charge in [0, 0.05) is 30.5 Å². The number of hydrogen-bond acceptors (Lipinski definition) is 4. The minimum atomic E-state index is -0.520. The second kappa shape index (κ2) is 9.27. The van der Waals surface area contributed by atoms with Gasteiger partial charge in [0.25, 0.3) is 0 Å². The number of anilines is 1. The SMILES string of the molecule is Cc1ccc2nc(N(CCCn3ccnc3)C(=O)C3(c4ccc(Cl)cc4)CCCC3)sc2c1. The number of hydrogen-bond donors (Lipinski definition) is 0. The summed E-state index contributed by atoms with van der Waals surface area (Å²) in [4.78, 5) is 25.3. The van der Waals surface area contributed by atoms with Crippen LogP contribution in [-0.2, 0) is 16.8 Å². The summed E-state index contributed by atoms with van der Waals surface area (Å²) in [6.45, 7) is 3.51. The first-order valence-corrected chi connectivity index (χ1v) is 12.7. The molecule has 0 spiro atoms. The van der Waals surface area contributed by atoms with E-state index >= 15 is 0 Å². The van der Waals surface area contributed by atoms with Crippen LogP contribution in [-0.4, -0.2) is 27.0 Å². The summed E-state index contributed by atoms with van der Waals surface area (Å²) in [5.41, 5.74) is 2.68. The number of benzene rings is 2. The Morgan fingerprint density at radius 3 is 2.70 bits per heavy atom. The minimum absolute atomic E-state index is 0.156. The van der Waals surface area contributed by atoms with Crippen molar-refractivity contribution in [3.63, 3.8) is 0 Å². The smallest absolute Gasteiger partial charge is 0.239 e. The van der Waals surface area contributed by atoms with Gasteiger partial charge < -0.3 is 4.57 Å². The number of rotatable bonds is 7. The van der Waals surface area contributed by atoms with Crippen molar-refractivity contribution < 1.29 is 4.79 Å². The molecule has 2 heterocycles. The van der Waals surface area contributed by atoms with E-state index in [1.54, 1.807) is 17.5 Å². The number of fused-ring (bicyclic) bond motifs is 1. The third kappa shape index (κ3) is 4.42. The van der Waals surface area contributed by atoms with Crippen LogP contribution in [0, 0.1) is 6.92 Å². The fourth-order valence-corrected chi connectivity index (χ4v) is 6.10. The topological polar surface area (TPSA) is 51.0 Å². The molecule has 2 aromatic heterocycles. The van der Waals surface area contributed by atoms with E-state index in [4.69, 9.17) is 16.6 Å². The van der Waals surface area contributed by atoms with Gasteiger partial charge in [0.1, 0.15) is 0 Å². The van der Waals surface area contributed by atoms with Gasteiger partial charge in [-0.25, -0.2) is 9.97 Å². The van der Waals surface area contributed by atoms with Gasteiger partial charge in [-0.2, -0.15) is 0 Å². The van der Waals surface area contributed by atoms with Crippen LogP contribution in [0.3, 0.4) is 0 Å². The predicted octanol–water partition coefficient (Wildman–Crippen LogP) is 6.39. The molecule has 0 radical (unpaired) electrons. The van der Waals surface area contributed by atoms with Gasteiger partial charge in [0.2, 0.25) is 5.91 Å². The molecule has 7 heteroatoms. The summed E-state index contributed by atoms with van der Waals surface area (Å²) in [5, 5.41) is 1.48. The van der Waals surface area contributed by atoms with Crippen LogP contribution >= 0.6 is 22.9 Å². The molecule has 4 aromatic rings. The fourth-order valence-electron chi connectivity index (χ4n) is 4.88. The highest BCUT2D eigenvalue weighted by Gasteiger charge is 2.45. The first kappa shape index (κ1) is 22.1. The molecular formula is C26H27ClN4OS. The second-order valence-electron chi connectivity index (χ2n) is 8.87. The molecule has 1 aliphatic carbocycles. The van der Waals surface area contributed by atoms with Crippen molar-refractivity contribution in [2.24, 2.45) is 0 Å². The number of thiazole rings is 1. The number of aromatic nitrogens is 3. The highest BCUT2D eigenvalue weighted by Crippen LogP contribution is 2.44. The Labute approximate surface area is 203 Å². The second-order valence-corrected chi connectivity index (χ2v) is 10.3. The maximum Gasteiger partial charge on any atom is 0.239 e. The molecule has 0 aliphatic heterocycles. The monoisotopic (exact) mass is 478 g/mol. The molecule has 1 aliphatic rings. The van der Waals surface area contributed by atoms with Crippen LogP contribution in [0.15, 0.2) is 61.2 Å². The molecule has 1 saturated carbocycles. The summed E-state index contributed by atoms with van der Waals surface area (Å²) < 4.78 is 3.17. The zero-order chi connectivity index (χ0) is 22.8. The number of carbonyl (C=O) groups excluding carboxylic acids is 1. The lowest BCUT2D eigenvalue weighted by atomic mass is 9.77. The van der Waals surface area contributed by atoms with Crippen molar-refractivity contribution in [3.8, 4) is 0 Å². The van der Waals surface area contributed by atoms with Crippen LogP contribution < -0.4 is 4.90 Å². The number of nitrogens with zero attached hydrogens (tertiary/aromatic N) is 4. The summed E-state index contributed by atoms with van der Waals surface area (Å²) in [6, 6.07) is 14.1. The average Bonchev–Trinajstić information content (AvgIpc) is 3.57. The Morgan fingerprint density at radius 1 is 1.18 bits per heavy atom. The quantitative estimate of drug-likeness (QED) is 0.309. The third-order valence-electron chi connectivity index (χ3n) is 6.63. The first-order valence-electron chi connectivity index (χ1n) is 11.5. The Bertz CT molecular complexity index is 1240. The molecule has 0 N–H and O–H groups in total. The largest absolute Gasteiger partial charge is 0.337 e. The Morgan fingerprint density at radius 2 is 1.97 bits per heavy atom. The standard InChI is InChI=1S/C26H27ClN4OS/c1-19-5-10-22-23(17-19)33-25(29-22)31(15-4-14-30-16-13-28-18-30)24(32)26(11-2-3-12-26)20-6-8-21(27)9-7-20/h5-10,13,16-18H,2-4,11-12,14-15H2,1H3. The van der Waals surface area contributed by atoms with E-state index in [1.807, 2.05) is 47.8 Å². The normalized spacial score (nSPS) is 15.2. The summed E-state index contributed by atoms with van der Waals surface area (Å²) in [5.74, 6) is 0.156. The predicted molar refractivity (Wildman–Crippen MR) is 135 cm³/mol. The molecule has 33 heavy (non-hydrogen) atoms. The number of amides is 1. The van der Waals surface area contributed by atoms with E-state index < -0.39 is 5.41 Å². The maximum absolute atomic E-state index is 14.3. The van der Waals surface area contributed by atoms with Gasteiger partial charge in [-0.15, -0.1) is 0 Å². The molecular weight excluding hydrogens is 452 g/mol. The summed E-state index contributed by atoms with van der Waals surface area (Å²) in [6.07, 6.45) is 10.2. The molecule has 0 saturated heterocycles. The zero-order valence-electron chi connectivity index (χ0n) is 18.7. The zero-order valence-corrected chi connectivity index (χ0v) is 20.3. The molecule has 1 fully saturated rings. The Hall–Kier alpha value is -2.70. The van der Waals surface area contributed by atoms with Crippen molar-refractivity contribution in [1.82, 2.24) is 14.5 Å². The number of carbonyl (C=O) groups is 1. The van der Waals surface area contributed by atoms with Crippen molar-refractivity contribution >= 4 is 44.2 Å². The van der Waals surface area contributed by atoms with Gasteiger partial charge >= 0.3 is 0 Å². The van der Waals surface area contributed by atoms with Gasteiger partial charge in [-0.05, 0) is 61.6 Å². The Balaban J connectivity index is 1.51. The molecule has 5 rings (SSSR count). The molecule has 170 valence electrons. The molecule has 0 bridgehead atoms. The molecule has 1 amide bonds. The molecule has 0 unspecified atom stereocenters. The van der Waals surface area contributed by atoms with Crippen LogP contribution in [0.2, 0.25) is 5.02 Å². The first-order chi connectivity index (χ1) is 16.0. The fraction of sp³-hybridized carbons (Fsp3) is 0.346. The van der Waals surface area contributed by atoms with Crippen molar-refractivity contribution in [1.29, 1.82) is 0 Å². The van der Waals surface area contributed by atoms with Crippen LogP contribution in [0.25, 0.3) is 10.2 Å². The van der Waals surface area contributed by atoms with E-state index in [0.717, 1.165) is 59.6 Å². The lowest BCUT2D eigenvalue weighted by molar-refractivity contribution is -0.124. The number of imidazole rings is 1. The van der Waals surface area contributed by atoms with Gasteiger partial charge in [-0.1, -0.05) is 54.0 Å². The highest BCUT2D eigenvalue weighted by molar-refractivity contribution is 7.22. The average molecular weight is 479 g/mol. The molecule has 2 aromatic carbocycles. The van der Waals surface area contributed by atoms with E-state index in [-0.39, 0.29) is 5.91 Å². The van der Waals surface area contributed by atoms with Gasteiger partial charge in [0.05, 0.1) is 22.0 Å². The Kier molecular flexibility index (Phi) is 6.21. The van der Waals surface area contributed by atoms with Crippen LogP contribution in [0.1, 0.15) is 43.2 Å². The highest BCUT2D eigenvalue weighted by atomic mass is 35.5. The number of aryl methyl sites for hydroxylation is 2. The van der Waals surface area contributed by atoms with Gasteiger partial charge in [-0.3, -0.25) is 9.69 Å². The molecule has 0 atom stereocenters. The van der Waals surface area contributed by atoms with E-state index in [9.17, 15) is 4.79 Å². The summed E-state index contributed by atoms with van der Waals surface area (Å²) >= 11 is 7.77. The van der Waals surface area contributed by atoms with Crippen molar-refractivity contribution in [3.05, 3.63) is 77.3 Å². The van der Waals surface area contributed by atoms with Crippen LogP contribution in [0.4, 0.5) is 5.13 Å². The van der Waals surface area contributed by atoms with Gasteiger partial charge in [0.15, 0.2) is 5.13 Å².